The van der Waals surface area contributed by atoms with E-state index in [1.165, 1.54) is 25.0 Å². The van der Waals surface area contributed by atoms with Gasteiger partial charge in [-0.3, -0.25) is 10.1 Å². The summed E-state index contributed by atoms with van der Waals surface area (Å²) in [6.07, 6.45) is 0.993. The average Bonchev–Trinajstić information content (AvgIpc) is 2.67. The van der Waals surface area contributed by atoms with Crippen LogP contribution in [0.1, 0.15) is 20.3 Å². The molecule has 0 unspecified atom stereocenters. The summed E-state index contributed by atoms with van der Waals surface area (Å²) in [5.74, 6) is 0.578. The summed E-state index contributed by atoms with van der Waals surface area (Å²) in [6, 6.07) is 4.69. The van der Waals surface area contributed by atoms with Crippen LogP contribution in [0.2, 0.25) is 0 Å². The number of nitro groups is 1. The van der Waals surface area contributed by atoms with E-state index in [0.29, 0.717) is 13.1 Å². The van der Waals surface area contributed by atoms with Crippen LogP contribution in [0.3, 0.4) is 0 Å². The highest BCUT2D eigenvalue weighted by atomic mass is 32.2. The Bertz CT molecular complexity index is 946. The van der Waals surface area contributed by atoms with E-state index in [0.717, 1.165) is 18.6 Å². The minimum atomic E-state index is -3.84. The molecule has 1 aromatic rings. The van der Waals surface area contributed by atoms with Gasteiger partial charge < -0.3 is 0 Å². The van der Waals surface area contributed by atoms with E-state index in [4.69, 9.17) is 0 Å². The van der Waals surface area contributed by atoms with Crippen molar-refractivity contribution in [2.75, 3.05) is 39.3 Å². The fraction of sp³-hybridized carbons (Fsp3) is 0.647. The number of nitro benzene ring substituents is 1. The molecule has 162 valence electrons. The lowest BCUT2D eigenvalue weighted by Crippen LogP contribution is -2.56. The molecule has 2 aliphatic heterocycles. The van der Waals surface area contributed by atoms with Crippen LogP contribution in [0.15, 0.2) is 29.2 Å². The highest BCUT2D eigenvalue weighted by molar-refractivity contribution is 7.89. The van der Waals surface area contributed by atoms with Gasteiger partial charge in [-0.2, -0.15) is 21.3 Å². The predicted octanol–water partition coefficient (Wildman–Crippen LogP) is 1.12. The van der Waals surface area contributed by atoms with Gasteiger partial charge in [0.2, 0.25) is 10.0 Å². The number of hydrogen-bond acceptors (Lipinski definition) is 6. The summed E-state index contributed by atoms with van der Waals surface area (Å²) in [7, 11) is -7.47. The molecule has 29 heavy (non-hydrogen) atoms. The number of piperidine rings is 1. The Labute approximate surface area is 171 Å². The smallest absolute Gasteiger partial charge is 0.258 e. The lowest BCUT2D eigenvalue weighted by Gasteiger charge is -2.39. The zero-order valence-electron chi connectivity index (χ0n) is 16.5. The van der Waals surface area contributed by atoms with E-state index < -0.39 is 25.2 Å². The van der Waals surface area contributed by atoms with E-state index in [-0.39, 0.29) is 48.6 Å². The molecule has 2 heterocycles. The third-order valence-electron chi connectivity index (χ3n) is 5.37. The van der Waals surface area contributed by atoms with Crippen LogP contribution < -0.4 is 0 Å². The Morgan fingerprint density at radius 1 is 0.862 bits per heavy atom. The molecule has 0 amide bonds. The molecule has 2 atom stereocenters. The molecule has 0 bridgehead atoms. The normalized spacial score (nSPS) is 25.7. The summed E-state index contributed by atoms with van der Waals surface area (Å²) < 4.78 is 55.6. The molecular formula is C17H26N4O6S2. The zero-order valence-corrected chi connectivity index (χ0v) is 18.1. The van der Waals surface area contributed by atoms with E-state index in [1.54, 1.807) is 0 Å². The molecule has 0 aromatic heterocycles. The summed E-state index contributed by atoms with van der Waals surface area (Å²) in [5, 5.41) is 10.7. The van der Waals surface area contributed by atoms with Crippen molar-refractivity contribution in [3.8, 4) is 0 Å². The van der Waals surface area contributed by atoms with Crippen LogP contribution >= 0.6 is 0 Å². The van der Waals surface area contributed by atoms with Crippen molar-refractivity contribution in [2.45, 2.75) is 25.2 Å². The summed E-state index contributed by atoms with van der Waals surface area (Å²) in [4.78, 5) is 10.1. The Kier molecular flexibility index (Phi) is 6.30. The van der Waals surface area contributed by atoms with Crippen molar-refractivity contribution >= 4 is 25.9 Å². The molecule has 2 fully saturated rings. The van der Waals surface area contributed by atoms with Gasteiger partial charge >= 0.3 is 0 Å². The van der Waals surface area contributed by atoms with Gasteiger partial charge in [0.1, 0.15) is 0 Å². The Balaban J connectivity index is 1.68. The number of hydrogen-bond donors (Lipinski definition) is 0. The van der Waals surface area contributed by atoms with Crippen LogP contribution in [0, 0.1) is 22.0 Å². The Hall–Kier alpha value is -1.60. The third kappa shape index (κ3) is 4.61. The van der Waals surface area contributed by atoms with Gasteiger partial charge in [-0.25, -0.2) is 8.42 Å². The number of non-ortho nitro benzene ring substituents is 1. The number of sulfonamides is 1. The fourth-order valence-corrected chi connectivity index (χ4v) is 7.25. The highest BCUT2D eigenvalue weighted by Crippen LogP contribution is 2.26. The molecule has 0 aliphatic carbocycles. The van der Waals surface area contributed by atoms with Gasteiger partial charge in [-0.1, -0.05) is 13.8 Å². The van der Waals surface area contributed by atoms with Crippen molar-refractivity contribution in [1.82, 2.24) is 12.9 Å². The van der Waals surface area contributed by atoms with Crippen LogP contribution in [0.4, 0.5) is 5.69 Å². The van der Waals surface area contributed by atoms with Crippen molar-refractivity contribution in [2.24, 2.45) is 11.8 Å². The van der Waals surface area contributed by atoms with Gasteiger partial charge in [0.15, 0.2) is 0 Å². The molecular weight excluding hydrogens is 420 g/mol. The molecule has 3 rings (SSSR count). The number of rotatable bonds is 5. The summed E-state index contributed by atoms with van der Waals surface area (Å²) in [6.45, 7) is 5.26. The van der Waals surface area contributed by atoms with Gasteiger partial charge in [0.25, 0.3) is 15.9 Å². The first-order valence-electron chi connectivity index (χ1n) is 9.51. The quantitative estimate of drug-likeness (QED) is 0.494. The number of benzene rings is 1. The predicted molar refractivity (Wildman–Crippen MR) is 107 cm³/mol. The SMILES string of the molecule is C[C@H]1C[C@H](C)CN(S(=O)(=O)N2CCN(S(=O)(=O)c3ccc([N+](=O)[O-])cc3)CC2)C1. The first kappa shape index (κ1) is 22.1. The van der Waals surface area contributed by atoms with Gasteiger partial charge in [-0.05, 0) is 30.4 Å². The van der Waals surface area contributed by atoms with E-state index in [9.17, 15) is 26.9 Å². The molecule has 0 spiro atoms. The minimum Gasteiger partial charge on any atom is -0.258 e. The van der Waals surface area contributed by atoms with Crippen molar-refractivity contribution in [1.29, 1.82) is 0 Å². The zero-order chi connectivity index (χ0) is 21.4. The fourth-order valence-electron chi connectivity index (χ4n) is 3.99. The molecule has 10 nitrogen and oxygen atoms in total. The Morgan fingerprint density at radius 3 is 1.83 bits per heavy atom. The van der Waals surface area contributed by atoms with Gasteiger partial charge in [0.05, 0.1) is 9.82 Å². The maximum Gasteiger partial charge on any atom is 0.282 e. The monoisotopic (exact) mass is 446 g/mol. The molecule has 2 saturated heterocycles. The van der Waals surface area contributed by atoms with E-state index >= 15 is 0 Å². The van der Waals surface area contributed by atoms with E-state index in [1.807, 2.05) is 13.8 Å². The first-order chi connectivity index (χ1) is 13.5. The topological polar surface area (TPSA) is 121 Å². The third-order valence-corrected chi connectivity index (χ3v) is 9.25. The van der Waals surface area contributed by atoms with E-state index in [2.05, 4.69) is 0 Å². The van der Waals surface area contributed by atoms with Crippen molar-refractivity contribution in [3.05, 3.63) is 34.4 Å². The molecule has 1 aromatic carbocycles. The maximum absolute atomic E-state index is 13.0. The second kappa shape index (κ2) is 8.26. The number of piperazine rings is 1. The molecule has 2 aliphatic rings. The average molecular weight is 447 g/mol. The summed E-state index contributed by atoms with van der Waals surface area (Å²) in [5.41, 5.74) is -0.190. The Morgan fingerprint density at radius 2 is 1.34 bits per heavy atom. The second-order valence-electron chi connectivity index (χ2n) is 7.82. The molecule has 0 N–H and O–H groups in total. The molecule has 12 heteroatoms. The number of nitrogens with zero attached hydrogens (tertiary/aromatic N) is 4. The maximum atomic E-state index is 13.0. The molecule has 0 radical (unpaired) electrons. The highest BCUT2D eigenvalue weighted by Gasteiger charge is 2.38. The van der Waals surface area contributed by atoms with Gasteiger partial charge in [0, 0.05) is 51.4 Å². The second-order valence-corrected chi connectivity index (χ2v) is 11.7. The lowest BCUT2D eigenvalue weighted by molar-refractivity contribution is -0.384. The summed E-state index contributed by atoms with van der Waals surface area (Å²) >= 11 is 0. The van der Waals surface area contributed by atoms with Gasteiger partial charge in [-0.15, -0.1) is 0 Å². The van der Waals surface area contributed by atoms with Crippen LogP contribution in [0.25, 0.3) is 0 Å². The lowest BCUT2D eigenvalue weighted by atomic mass is 9.94. The van der Waals surface area contributed by atoms with Crippen LogP contribution in [-0.2, 0) is 20.2 Å². The largest absolute Gasteiger partial charge is 0.282 e. The molecule has 0 saturated carbocycles. The van der Waals surface area contributed by atoms with Crippen LogP contribution in [-0.4, -0.2) is 73.9 Å². The van der Waals surface area contributed by atoms with Crippen LogP contribution in [0.5, 0.6) is 0 Å². The van der Waals surface area contributed by atoms with Crippen molar-refractivity contribution in [3.63, 3.8) is 0 Å². The van der Waals surface area contributed by atoms with Crippen molar-refractivity contribution < 1.29 is 21.8 Å². The first-order valence-corrected chi connectivity index (χ1v) is 12.4. The minimum absolute atomic E-state index is 0.0392. The standard InChI is InChI=1S/C17H26N4O6S2/c1-14-11-15(2)13-20(12-14)29(26,27)19-9-7-18(8-10-19)28(24,25)17-5-3-16(4-6-17)21(22)23/h3-6,14-15H,7-13H2,1-2H3/t14-,15-/m0/s1.